The van der Waals surface area contributed by atoms with Crippen molar-refractivity contribution in [1.29, 1.82) is 0 Å². The van der Waals surface area contributed by atoms with Gasteiger partial charge in [-0.15, -0.1) is 0 Å². The van der Waals surface area contributed by atoms with Crippen LogP contribution in [0.4, 0.5) is 0 Å². The minimum Gasteiger partial charge on any atom is -0.508 e. The number of phenols is 1. The van der Waals surface area contributed by atoms with Crippen LogP contribution in [0.5, 0.6) is 5.75 Å². The first kappa shape index (κ1) is 18.0. The summed E-state index contributed by atoms with van der Waals surface area (Å²) in [5.74, 6) is -0.278. The molecule has 0 aliphatic heterocycles. The summed E-state index contributed by atoms with van der Waals surface area (Å²) in [6.07, 6.45) is 0.570. The number of carbonyl (C=O) groups is 2. The Morgan fingerprint density at radius 1 is 1.00 bits per heavy atom. The summed E-state index contributed by atoms with van der Waals surface area (Å²) in [4.78, 5) is 24.1. The Morgan fingerprint density at radius 2 is 1.73 bits per heavy atom. The highest BCUT2D eigenvalue weighted by Gasteiger charge is 2.13. The van der Waals surface area contributed by atoms with Crippen molar-refractivity contribution in [3.63, 3.8) is 0 Å². The van der Waals surface area contributed by atoms with Crippen LogP contribution in [-0.2, 0) is 0 Å². The molecule has 0 saturated carbocycles. The monoisotopic (exact) mass is 416 g/mol. The number of amides is 2. The molecule has 3 N–H and O–H groups in total. The summed E-state index contributed by atoms with van der Waals surface area (Å²) in [5.41, 5.74) is 1.03. The number of carbonyl (C=O) groups excluding carboxylic acids is 2. The van der Waals surface area contributed by atoms with Crippen LogP contribution in [0.3, 0.4) is 0 Å². The molecular weight excluding hydrogens is 400 g/mol. The highest BCUT2D eigenvalue weighted by molar-refractivity contribution is 9.10. The lowest BCUT2D eigenvalue weighted by molar-refractivity contribution is 0.0927. The van der Waals surface area contributed by atoms with Crippen molar-refractivity contribution < 1.29 is 19.1 Å². The number of phenolic OH excluding ortho intramolecular Hbond substituents is 1. The van der Waals surface area contributed by atoms with Gasteiger partial charge in [0.05, 0.1) is 4.47 Å². The third kappa shape index (κ3) is 4.23. The third-order valence-corrected chi connectivity index (χ3v) is 4.38. The normalized spacial score (nSPS) is 10.7. The topological polar surface area (TPSA) is 91.6 Å². The van der Waals surface area contributed by atoms with E-state index in [1.54, 1.807) is 18.2 Å². The van der Waals surface area contributed by atoms with Crippen molar-refractivity contribution in [1.82, 2.24) is 10.6 Å². The van der Waals surface area contributed by atoms with Gasteiger partial charge in [-0.05, 0) is 52.7 Å². The van der Waals surface area contributed by atoms with Crippen LogP contribution >= 0.6 is 15.9 Å². The third-order valence-electron chi connectivity index (χ3n) is 3.75. The van der Waals surface area contributed by atoms with Crippen LogP contribution < -0.4 is 10.6 Å². The van der Waals surface area contributed by atoms with Gasteiger partial charge in [0.15, 0.2) is 5.76 Å². The van der Waals surface area contributed by atoms with Gasteiger partial charge in [0.25, 0.3) is 11.8 Å². The summed E-state index contributed by atoms with van der Waals surface area (Å²) < 4.78 is 6.37. The Bertz CT molecular complexity index is 952. The molecule has 3 rings (SSSR count). The van der Waals surface area contributed by atoms with Crippen molar-refractivity contribution >= 4 is 38.7 Å². The van der Waals surface area contributed by atoms with Gasteiger partial charge >= 0.3 is 0 Å². The van der Waals surface area contributed by atoms with Gasteiger partial charge in [0.1, 0.15) is 11.3 Å². The molecule has 0 aliphatic rings. The molecule has 0 radical (unpaired) electrons. The van der Waals surface area contributed by atoms with E-state index in [0.717, 1.165) is 9.86 Å². The Hall–Kier alpha value is -2.80. The average Bonchev–Trinajstić information content (AvgIpc) is 3.07. The standard InChI is InChI=1S/C19H17BrN2O4/c20-15-7-2-4-12-11-16(26-17(12)15)19(25)22-9-3-8-21-18(24)13-5-1-6-14(23)10-13/h1-2,4-7,10-11,23H,3,8-9H2,(H,21,24)(H,22,25). The summed E-state index contributed by atoms with van der Waals surface area (Å²) in [7, 11) is 0. The molecule has 1 aromatic heterocycles. The first-order valence-electron chi connectivity index (χ1n) is 8.08. The van der Waals surface area contributed by atoms with E-state index in [4.69, 9.17) is 4.42 Å². The number of benzene rings is 2. The molecule has 0 bridgehead atoms. The highest BCUT2D eigenvalue weighted by Crippen LogP contribution is 2.26. The maximum absolute atomic E-state index is 12.1. The van der Waals surface area contributed by atoms with Crippen LogP contribution in [0.2, 0.25) is 0 Å². The Labute approximate surface area is 158 Å². The lowest BCUT2D eigenvalue weighted by Crippen LogP contribution is -2.29. The van der Waals surface area contributed by atoms with Gasteiger partial charge < -0.3 is 20.2 Å². The Balaban J connectivity index is 1.45. The Kier molecular flexibility index (Phi) is 5.58. The van der Waals surface area contributed by atoms with E-state index < -0.39 is 0 Å². The number of rotatable bonds is 6. The lowest BCUT2D eigenvalue weighted by atomic mass is 10.2. The van der Waals surface area contributed by atoms with Crippen LogP contribution in [0.15, 0.2) is 57.4 Å². The molecule has 3 aromatic rings. The summed E-state index contributed by atoms with van der Waals surface area (Å²) >= 11 is 3.39. The number of aromatic hydroxyl groups is 1. The number of fused-ring (bicyclic) bond motifs is 1. The second-order valence-corrected chi connectivity index (χ2v) is 6.54. The van der Waals surface area contributed by atoms with Gasteiger partial charge in [-0.1, -0.05) is 18.2 Å². The fraction of sp³-hybridized carbons (Fsp3) is 0.158. The molecular formula is C19H17BrN2O4. The van der Waals surface area contributed by atoms with Crippen molar-refractivity contribution in [2.45, 2.75) is 6.42 Å². The highest BCUT2D eigenvalue weighted by atomic mass is 79.9. The quantitative estimate of drug-likeness (QED) is 0.536. The van der Waals surface area contributed by atoms with Gasteiger partial charge in [0, 0.05) is 24.0 Å². The fourth-order valence-electron chi connectivity index (χ4n) is 2.47. The van der Waals surface area contributed by atoms with Crippen LogP contribution in [-0.4, -0.2) is 30.0 Å². The first-order chi connectivity index (χ1) is 12.5. The lowest BCUT2D eigenvalue weighted by Gasteiger charge is -2.06. The molecule has 0 spiro atoms. The molecule has 0 fully saturated rings. The smallest absolute Gasteiger partial charge is 0.287 e. The van der Waals surface area contributed by atoms with E-state index in [1.165, 1.54) is 12.1 Å². The minimum absolute atomic E-state index is 0.0439. The first-order valence-corrected chi connectivity index (χ1v) is 8.87. The van der Waals surface area contributed by atoms with Crippen LogP contribution in [0.1, 0.15) is 27.3 Å². The van der Waals surface area contributed by atoms with Crippen molar-refractivity contribution in [2.75, 3.05) is 13.1 Å². The Morgan fingerprint density at radius 3 is 2.46 bits per heavy atom. The van der Waals surface area contributed by atoms with Gasteiger partial charge in [-0.2, -0.15) is 0 Å². The van der Waals surface area contributed by atoms with Crippen molar-refractivity contribution in [2.24, 2.45) is 0 Å². The van der Waals surface area contributed by atoms with E-state index in [-0.39, 0.29) is 23.3 Å². The second kappa shape index (κ2) is 8.05. The number of hydrogen-bond donors (Lipinski definition) is 3. The molecule has 2 aromatic carbocycles. The van der Waals surface area contributed by atoms with Gasteiger partial charge in [-0.25, -0.2) is 0 Å². The molecule has 0 atom stereocenters. The van der Waals surface area contributed by atoms with Crippen LogP contribution in [0, 0.1) is 0 Å². The largest absolute Gasteiger partial charge is 0.508 e. The predicted molar refractivity (Wildman–Crippen MR) is 101 cm³/mol. The summed E-state index contributed by atoms with van der Waals surface area (Å²) in [6.45, 7) is 0.803. The van der Waals surface area contributed by atoms with Crippen molar-refractivity contribution in [3.8, 4) is 5.75 Å². The number of nitrogens with one attached hydrogen (secondary N) is 2. The van der Waals surface area contributed by atoms with E-state index in [1.807, 2.05) is 18.2 Å². The molecule has 2 amide bonds. The van der Waals surface area contributed by atoms with Gasteiger partial charge in [0.2, 0.25) is 0 Å². The number of halogens is 1. The zero-order valence-corrected chi connectivity index (χ0v) is 15.4. The zero-order chi connectivity index (χ0) is 18.5. The molecule has 26 heavy (non-hydrogen) atoms. The average molecular weight is 417 g/mol. The van der Waals surface area contributed by atoms with Crippen LogP contribution in [0.25, 0.3) is 11.0 Å². The van der Waals surface area contributed by atoms with Gasteiger partial charge in [-0.3, -0.25) is 9.59 Å². The molecule has 0 aliphatic carbocycles. The fourth-order valence-corrected chi connectivity index (χ4v) is 2.93. The SMILES string of the molecule is O=C(NCCCNC(=O)c1cc2cccc(Br)c2o1)c1cccc(O)c1. The van der Waals surface area contributed by atoms with E-state index in [2.05, 4.69) is 26.6 Å². The second-order valence-electron chi connectivity index (χ2n) is 5.68. The number of para-hydroxylation sites is 1. The van der Waals surface area contributed by atoms with E-state index in [9.17, 15) is 14.7 Å². The molecule has 134 valence electrons. The van der Waals surface area contributed by atoms with E-state index in [0.29, 0.717) is 30.7 Å². The molecule has 0 unspecified atom stereocenters. The van der Waals surface area contributed by atoms with E-state index >= 15 is 0 Å². The van der Waals surface area contributed by atoms with Crippen molar-refractivity contribution in [3.05, 3.63) is 64.3 Å². The molecule has 0 saturated heterocycles. The predicted octanol–water partition coefficient (Wildman–Crippen LogP) is 3.45. The maximum atomic E-state index is 12.1. The number of furan rings is 1. The summed E-state index contributed by atoms with van der Waals surface area (Å²) in [6, 6.07) is 13.4. The number of hydrogen-bond acceptors (Lipinski definition) is 4. The zero-order valence-electron chi connectivity index (χ0n) is 13.8. The molecule has 7 heteroatoms. The maximum Gasteiger partial charge on any atom is 0.287 e. The minimum atomic E-state index is -0.299. The molecule has 1 heterocycles. The molecule has 6 nitrogen and oxygen atoms in total. The summed E-state index contributed by atoms with van der Waals surface area (Å²) in [5, 5.41) is 15.7.